The molecule has 96 valence electrons. The molecule has 6 heteroatoms. The van der Waals surface area contributed by atoms with Crippen LogP contribution in [0, 0.1) is 0 Å². The van der Waals surface area contributed by atoms with Crippen LogP contribution in [0.5, 0.6) is 5.75 Å². The average Bonchev–Trinajstić information content (AvgIpc) is 2.91. The molecule has 5 nitrogen and oxygen atoms in total. The molecule has 1 heterocycles. The van der Waals surface area contributed by atoms with Gasteiger partial charge in [0, 0.05) is 18.2 Å². The predicted octanol–water partition coefficient (Wildman–Crippen LogP) is 2.18. The van der Waals surface area contributed by atoms with Gasteiger partial charge >= 0.3 is 0 Å². The summed E-state index contributed by atoms with van der Waals surface area (Å²) in [7, 11) is 1.66. The summed E-state index contributed by atoms with van der Waals surface area (Å²) < 4.78 is 14.2. The zero-order valence-electron chi connectivity index (χ0n) is 10.1. The van der Waals surface area contributed by atoms with E-state index in [4.69, 9.17) is 9.47 Å². The third kappa shape index (κ3) is 3.97. The number of rotatable bonds is 7. The highest BCUT2D eigenvalue weighted by Crippen LogP contribution is 2.16. The fourth-order valence-electron chi connectivity index (χ4n) is 1.37. The number of nitrogens with zero attached hydrogens (tertiary/aromatic N) is 2. The number of nitrogens with one attached hydrogen (secondary N) is 1. The zero-order chi connectivity index (χ0) is 12.6. The van der Waals surface area contributed by atoms with E-state index in [2.05, 4.69) is 14.9 Å². The Balaban J connectivity index is 1.80. The van der Waals surface area contributed by atoms with E-state index in [1.807, 2.05) is 29.6 Å². The molecule has 1 N–H and O–H groups in total. The van der Waals surface area contributed by atoms with Crippen LogP contribution in [0.15, 0.2) is 29.6 Å². The van der Waals surface area contributed by atoms with Crippen molar-refractivity contribution in [2.45, 2.75) is 6.54 Å². The first kappa shape index (κ1) is 12.8. The zero-order valence-corrected chi connectivity index (χ0v) is 10.9. The second-order valence-corrected chi connectivity index (χ2v) is 4.23. The summed E-state index contributed by atoms with van der Waals surface area (Å²) in [6.45, 7) is 1.84. The molecule has 0 unspecified atom stereocenters. The van der Waals surface area contributed by atoms with Crippen LogP contribution in [0.3, 0.4) is 0 Å². The van der Waals surface area contributed by atoms with Crippen molar-refractivity contribution >= 4 is 17.2 Å². The van der Waals surface area contributed by atoms with E-state index < -0.39 is 0 Å². The smallest absolute Gasteiger partial charge is 0.119 e. The SMILES string of the molecule is COCCOc1ccc(NCc2csnn2)cc1. The van der Waals surface area contributed by atoms with Crippen LogP contribution in [0.4, 0.5) is 5.69 Å². The summed E-state index contributed by atoms with van der Waals surface area (Å²) in [5, 5.41) is 9.16. The highest BCUT2D eigenvalue weighted by molar-refractivity contribution is 7.03. The average molecular weight is 265 g/mol. The first-order chi connectivity index (χ1) is 8.88. The van der Waals surface area contributed by atoms with Crippen LogP contribution in [0.2, 0.25) is 0 Å². The molecule has 0 amide bonds. The summed E-state index contributed by atoms with van der Waals surface area (Å²) >= 11 is 1.36. The van der Waals surface area contributed by atoms with Crippen molar-refractivity contribution in [2.75, 3.05) is 25.6 Å². The van der Waals surface area contributed by atoms with Crippen molar-refractivity contribution < 1.29 is 9.47 Å². The molecule has 18 heavy (non-hydrogen) atoms. The van der Waals surface area contributed by atoms with Gasteiger partial charge in [-0.05, 0) is 35.8 Å². The molecule has 0 bridgehead atoms. The van der Waals surface area contributed by atoms with E-state index in [1.165, 1.54) is 11.5 Å². The minimum Gasteiger partial charge on any atom is -0.491 e. The number of hydrogen-bond acceptors (Lipinski definition) is 6. The van der Waals surface area contributed by atoms with Gasteiger partial charge in [-0.25, -0.2) is 0 Å². The number of ether oxygens (including phenoxy) is 2. The Bertz CT molecular complexity index is 445. The first-order valence-corrected chi connectivity index (χ1v) is 6.44. The molecule has 2 aromatic rings. The van der Waals surface area contributed by atoms with E-state index in [0.29, 0.717) is 19.8 Å². The van der Waals surface area contributed by atoms with Gasteiger partial charge in [0.15, 0.2) is 0 Å². The third-order valence-electron chi connectivity index (χ3n) is 2.29. The van der Waals surface area contributed by atoms with Crippen molar-refractivity contribution in [3.05, 3.63) is 35.3 Å². The third-order valence-corrected chi connectivity index (χ3v) is 2.84. The monoisotopic (exact) mass is 265 g/mol. The van der Waals surface area contributed by atoms with Gasteiger partial charge in [-0.1, -0.05) is 4.49 Å². The van der Waals surface area contributed by atoms with Gasteiger partial charge < -0.3 is 14.8 Å². The second kappa shape index (κ2) is 6.93. The van der Waals surface area contributed by atoms with Gasteiger partial charge in [0.25, 0.3) is 0 Å². The number of benzene rings is 1. The Morgan fingerprint density at radius 2 is 2.06 bits per heavy atom. The molecule has 0 atom stereocenters. The number of aromatic nitrogens is 2. The fourth-order valence-corrected chi connectivity index (χ4v) is 1.82. The van der Waals surface area contributed by atoms with E-state index >= 15 is 0 Å². The normalized spacial score (nSPS) is 10.3. The van der Waals surface area contributed by atoms with Gasteiger partial charge in [-0.2, -0.15) is 0 Å². The molecular weight excluding hydrogens is 250 g/mol. The molecule has 0 aliphatic rings. The summed E-state index contributed by atoms with van der Waals surface area (Å²) in [6.07, 6.45) is 0. The quantitative estimate of drug-likeness (QED) is 0.778. The molecular formula is C12H15N3O2S. The molecule has 1 aromatic heterocycles. The van der Waals surface area contributed by atoms with Crippen molar-refractivity contribution in [1.82, 2.24) is 9.59 Å². The summed E-state index contributed by atoms with van der Waals surface area (Å²) in [5.74, 6) is 0.841. The molecule has 0 radical (unpaired) electrons. The van der Waals surface area contributed by atoms with Crippen molar-refractivity contribution in [2.24, 2.45) is 0 Å². The Labute approximate surface area is 110 Å². The van der Waals surface area contributed by atoms with Gasteiger partial charge in [0.1, 0.15) is 12.4 Å². The molecule has 0 saturated carbocycles. The minimum absolute atomic E-state index is 0.563. The predicted molar refractivity (Wildman–Crippen MR) is 71.0 cm³/mol. The van der Waals surface area contributed by atoms with Crippen LogP contribution in [-0.2, 0) is 11.3 Å². The lowest BCUT2D eigenvalue weighted by molar-refractivity contribution is 0.146. The number of methoxy groups -OCH3 is 1. The Kier molecular flexibility index (Phi) is 4.92. The Morgan fingerprint density at radius 3 is 2.72 bits per heavy atom. The van der Waals surface area contributed by atoms with Crippen LogP contribution < -0.4 is 10.1 Å². The molecule has 0 spiro atoms. The topological polar surface area (TPSA) is 56.3 Å². The van der Waals surface area contributed by atoms with E-state index in [9.17, 15) is 0 Å². The molecule has 0 fully saturated rings. The van der Waals surface area contributed by atoms with Crippen LogP contribution >= 0.6 is 11.5 Å². The maximum absolute atomic E-state index is 5.48. The van der Waals surface area contributed by atoms with Crippen molar-refractivity contribution in [3.63, 3.8) is 0 Å². The number of hydrogen-bond donors (Lipinski definition) is 1. The molecule has 0 aliphatic heterocycles. The van der Waals surface area contributed by atoms with Gasteiger partial charge in [-0.15, -0.1) is 5.10 Å². The van der Waals surface area contributed by atoms with E-state index in [0.717, 1.165) is 17.1 Å². The van der Waals surface area contributed by atoms with Gasteiger partial charge in [0.2, 0.25) is 0 Å². The largest absolute Gasteiger partial charge is 0.491 e. The van der Waals surface area contributed by atoms with Crippen LogP contribution in [-0.4, -0.2) is 29.9 Å². The highest BCUT2D eigenvalue weighted by atomic mass is 32.1. The lowest BCUT2D eigenvalue weighted by Crippen LogP contribution is -2.04. The van der Waals surface area contributed by atoms with Crippen molar-refractivity contribution in [1.29, 1.82) is 0 Å². The fraction of sp³-hybridized carbons (Fsp3) is 0.333. The van der Waals surface area contributed by atoms with E-state index in [-0.39, 0.29) is 0 Å². The van der Waals surface area contributed by atoms with Crippen LogP contribution in [0.25, 0.3) is 0 Å². The summed E-state index contributed by atoms with van der Waals surface area (Å²) in [6, 6.07) is 7.80. The standard InChI is InChI=1S/C12H15N3O2S/c1-16-6-7-17-12-4-2-10(3-5-12)13-8-11-9-18-15-14-11/h2-5,9,13H,6-8H2,1H3. The lowest BCUT2D eigenvalue weighted by Gasteiger charge is -2.07. The first-order valence-electron chi connectivity index (χ1n) is 5.60. The molecule has 1 aromatic carbocycles. The summed E-state index contributed by atoms with van der Waals surface area (Å²) in [4.78, 5) is 0. The van der Waals surface area contributed by atoms with Gasteiger partial charge in [-0.3, -0.25) is 0 Å². The highest BCUT2D eigenvalue weighted by Gasteiger charge is 1.98. The number of anilines is 1. The molecule has 0 aliphatic carbocycles. The van der Waals surface area contributed by atoms with E-state index in [1.54, 1.807) is 7.11 Å². The summed E-state index contributed by atoms with van der Waals surface area (Å²) in [5.41, 5.74) is 1.97. The van der Waals surface area contributed by atoms with Crippen LogP contribution in [0.1, 0.15) is 5.69 Å². The van der Waals surface area contributed by atoms with Crippen molar-refractivity contribution in [3.8, 4) is 5.75 Å². The Hall–Kier alpha value is -1.66. The second-order valence-electron chi connectivity index (χ2n) is 3.62. The van der Waals surface area contributed by atoms with Gasteiger partial charge in [0.05, 0.1) is 18.8 Å². The maximum Gasteiger partial charge on any atom is 0.119 e. The molecule has 2 rings (SSSR count). The lowest BCUT2D eigenvalue weighted by atomic mass is 10.3. The Morgan fingerprint density at radius 1 is 1.22 bits per heavy atom. The maximum atomic E-state index is 5.48. The minimum atomic E-state index is 0.563. The molecule has 0 saturated heterocycles.